The SMILES string of the molecule is C=CC(=O)O.CC(=O)C(=O)O. The molecule has 0 aliphatic rings. The molecule has 0 saturated carbocycles. The van der Waals surface area contributed by atoms with Gasteiger partial charge >= 0.3 is 11.9 Å². The average Bonchev–Trinajstić information content (AvgIpc) is 1.89. The number of hydrogen-bond donors (Lipinski definition) is 2. The molecule has 11 heavy (non-hydrogen) atoms. The Bertz CT molecular complexity index is 169. The summed E-state index contributed by atoms with van der Waals surface area (Å²) >= 11 is 0. The van der Waals surface area contributed by atoms with Gasteiger partial charge in [-0.1, -0.05) is 6.58 Å². The van der Waals surface area contributed by atoms with Gasteiger partial charge in [-0.05, 0) is 0 Å². The van der Waals surface area contributed by atoms with Crippen LogP contribution in [0.3, 0.4) is 0 Å². The average molecular weight is 160 g/mol. The van der Waals surface area contributed by atoms with E-state index in [2.05, 4.69) is 6.58 Å². The summed E-state index contributed by atoms with van der Waals surface area (Å²) in [6, 6.07) is 0. The Morgan fingerprint density at radius 2 is 1.45 bits per heavy atom. The molecular weight excluding hydrogens is 152 g/mol. The zero-order valence-electron chi connectivity index (χ0n) is 5.90. The topological polar surface area (TPSA) is 91.7 Å². The van der Waals surface area contributed by atoms with Gasteiger partial charge in [0.25, 0.3) is 0 Å². The molecule has 5 heteroatoms. The number of ketones is 1. The highest BCUT2D eigenvalue weighted by Crippen LogP contribution is 1.61. The van der Waals surface area contributed by atoms with Crippen LogP contribution in [-0.4, -0.2) is 27.9 Å². The first-order valence-electron chi connectivity index (χ1n) is 2.51. The largest absolute Gasteiger partial charge is 0.478 e. The smallest absolute Gasteiger partial charge is 0.371 e. The van der Waals surface area contributed by atoms with Crippen molar-refractivity contribution in [3.05, 3.63) is 12.7 Å². The molecule has 0 fully saturated rings. The molecule has 0 aliphatic heterocycles. The summed E-state index contributed by atoms with van der Waals surface area (Å²) < 4.78 is 0. The van der Waals surface area contributed by atoms with Crippen LogP contribution in [0.5, 0.6) is 0 Å². The van der Waals surface area contributed by atoms with E-state index in [-0.39, 0.29) is 0 Å². The van der Waals surface area contributed by atoms with Crippen LogP contribution in [0.2, 0.25) is 0 Å². The molecule has 0 rings (SSSR count). The highest BCUT2D eigenvalue weighted by Gasteiger charge is 1.98. The lowest BCUT2D eigenvalue weighted by Crippen LogP contribution is -2.05. The minimum Gasteiger partial charge on any atom is -0.478 e. The van der Waals surface area contributed by atoms with Gasteiger partial charge in [-0.3, -0.25) is 4.79 Å². The van der Waals surface area contributed by atoms with Crippen molar-refractivity contribution in [2.24, 2.45) is 0 Å². The van der Waals surface area contributed by atoms with Gasteiger partial charge in [0.1, 0.15) is 0 Å². The Balaban J connectivity index is 0. The van der Waals surface area contributed by atoms with Crippen molar-refractivity contribution >= 4 is 17.7 Å². The summed E-state index contributed by atoms with van der Waals surface area (Å²) in [7, 11) is 0. The molecule has 0 amide bonds. The normalized spacial score (nSPS) is 7.00. The standard InChI is InChI=1S/C3H4O3.C3H4O2/c1-2(4)3(5)6;1-2-3(4)5/h1H3,(H,5,6);2H,1H2,(H,4,5). The number of carbonyl (C=O) groups is 3. The summed E-state index contributed by atoms with van der Waals surface area (Å²) in [6.45, 7) is 3.96. The molecule has 0 aliphatic carbocycles. The Hall–Kier alpha value is -1.65. The van der Waals surface area contributed by atoms with E-state index < -0.39 is 17.7 Å². The van der Waals surface area contributed by atoms with Crippen molar-refractivity contribution in [2.75, 3.05) is 0 Å². The Morgan fingerprint density at radius 3 is 1.45 bits per heavy atom. The molecule has 5 nitrogen and oxygen atoms in total. The third kappa shape index (κ3) is 17.8. The molecule has 0 spiro atoms. The number of rotatable bonds is 2. The summed E-state index contributed by atoms with van der Waals surface area (Å²) in [6.07, 6.45) is 0.833. The molecule has 0 aromatic heterocycles. The van der Waals surface area contributed by atoms with Gasteiger partial charge in [0, 0.05) is 13.0 Å². The summed E-state index contributed by atoms with van der Waals surface area (Å²) in [5, 5.41) is 15.2. The summed E-state index contributed by atoms with van der Waals surface area (Å²) in [5.41, 5.74) is 0. The van der Waals surface area contributed by atoms with Crippen LogP contribution in [0.25, 0.3) is 0 Å². The molecule has 0 atom stereocenters. The zero-order chi connectivity index (χ0) is 9.44. The molecule has 0 aromatic carbocycles. The van der Waals surface area contributed by atoms with Gasteiger partial charge in [0.05, 0.1) is 0 Å². The molecular formula is C6H8O5. The van der Waals surface area contributed by atoms with Crippen LogP contribution in [0.15, 0.2) is 12.7 Å². The predicted octanol–water partition coefficient (Wildman–Crippen LogP) is -0.0830. The van der Waals surface area contributed by atoms with Crippen LogP contribution < -0.4 is 0 Å². The molecule has 2 N–H and O–H groups in total. The van der Waals surface area contributed by atoms with E-state index in [0.717, 1.165) is 13.0 Å². The number of carboxylic acids is 2. The monoisotopic (exact) mass is 160 g/mol. The summed E-state index contributed by atoms with van der Waals surface area (Å²) in [5.74, 6) is -3.19. The van der Waals surface area contributed by atoms with Crippen molar-refractivity contribution in [3.63, 3.8) is 0 Å². The van der Waals surface area contributed by atoms with Crippen molar-refractivity contribution < 1.29 is 24.6 Å². The van der Waals surface area contributed by atoms with E-state index >= 15 is 0 Å². The molecule has 0 aromatic rings. The van der Waals surface area contributed by atoms with Gasteiger partial charge in [0.15, 0.2) is 0 Å². The van der Waals surface area contributed by atoms with Crippen molar-refractivity contribution in [3.8, 4) is 0 Å². The fourth-order valence-electron chi connectivity index (χ4n) is 0. The maximum absolute atomic E-state index is 9.54. The number of hydrogen-bond acceptors (Lipinski definition) is 3. The van der Waals surface area contributed by atoms with E-state index in [1.54, 1.807) is 0 Å². The van der Waals surface area contributed by atoms with E-state index in [4.69, 9.17) is 10.2 Å². The predicted molar refractivity (Wildman–Crippen MR) is 36.1 cm³/mol. The lowest BCUT2D eigenvalue weighted by molar-refractivity contribution is -0.148. The Labute approximate surface area is 63.0 Å². The first-order chi connectivity index (χ1) is 4.91. The highest BCUT2D eigenvalue weighted by atomic mass is 16.4. The maximum atomic E-state index is 9.54. The molecule has 0 heterocycles. The van der Waals surface area contributed by atoms with Crippen molar-refractivity contribution in [2.45, 2.75) is 6.92 Å². The van der Waals surface area contributed by atoms with Gasteiger partial charge in [0.2, 0.25) is 5.78 Å². The second-order valence-corrected chi connectivity index (χ2v) is 1.40. The number of Topliss-reactive ketones (excluding diaryl/α,β-unsaturated/α-hetero) is 1. The molecule has 62 valence electrons. The van der Waals surface area contributed by atoms with E-state index in [9.17, 15) is 14.4 Å². The van der Waals surface area contributed by atoms with Gasteiger partial charge in [-0.25, -0.2) is 9.59 Å². The lowest BCUT2D eigenvalue weighted by Gasteiger charge is -1.73. The van der Waals surface area contributed by atoms with Gasteiger partial charge < -0.3 is 10.2 Å². The maximum Gasteiger partial charge on any atom is 0.371 e. The molecule has 0 bridgehead atoms. The lowest BCUT2D eigenvalue weighted by atomic mass is 10.5. The first kappa shape index (κ1) is 12.1. The number of carboxylic acid groups (broad SMARTS) is 2. The Morgan fingerprint density at radius 1 is 1.27 bits per heavy atom. The van der Waals surface area contributed by atoms with E-state index in [0.29, 0.717) is 0 Å². The van der Waals surface area contributed by atoms with Crippen LogP contribution in [0, 0.1) is 0 Å². The van der Waals surface area contributed by atoms with E-state index in [1.807, 2.05) is 0 Å². The minimum atomic E-state index is -1.38. The molecule has 0 radical (unpaired) electrons. The van der Waals surface area contributed by atoms with Gasteiger partial charge in [-0.2, -0.15) is 0 Å². The second kappa shape index (κ2) is 6.47. The van der Waals surface area contributed by atoms with E-state index in [1.165, 1.54) is 0 Å². The Kier molecular flexibility index (Phi) is 7.10. The van der Waals surface area contributed by atoms with Crippen molar-refractivity contribution in [1.82, 2.24) is 0 Å². The summed E-state index contributed by atoms with van der Waals surface area (Å²) in [4.78, 5) is 28.1. The van der Waals surface area contributed by atoms with Gasteiger partial charge in [-0.15, -0.1) is 0 Å². The third-order valence-corrected chi connectivity index (χ3v) is 0.476. The number of carbonyl (C=O) groups excluding carboxylic acids is 1. The minimum absolute atomic E-state index is 0.824. The van der Waals surface area contributed by atoms with Crippen LogP contribution in [0.4, 0.5) is 0 Å². The zero-order valence-corrected chi connectivity index (χ0v) is 5.90. The van der Waals surface area contributed by atoms with Crippen molar-refractivity contribution in [1.29, 1.82) is 0 Å². The molecule has 0 saturated heterocycles. The highest BCUT2D eigenvalue weighted by molar-refractivity contribution is 6.31. The quantitative estimate of drug-likeness (QED) is 0.435. The fourth-order valence-corrected chi connectivity index (χ4v) is 0. The second-order valence-electron chi connectivity index (χ2n) is 1.40. The van der Waals surface area contributed by atoms with Crippen LogP contribution >= 0.6 is 0 Å². The number of aliphatic carboxylic acids is 2. The fraction of sp³-hybridized carbons (Fsp3) is 0.167. The molecule has 0 unspecified atom stereocenters. The first-order valence-corrected chi connectivity index (χ1v) is 2.51. The van der Waals surface area contributed by atoms with Crippen LogP contribution in [0.1, 0.15) is 6.92 Å². The third-order valence-electron chi connectivity index (χ3n) is 0.476. The van der Waals surface area contributed by atoms with Crippen LogP contribution in [-0.2, 0) is 14.4 Å².